The predicted molar refractivity (Wildman–Crippen MR) is 85.4 cm³/mol. The summed E-state index contributed by atoms with van der Waals surface area (Å²) in [5.41, 5.74) is 2.22. The van der Waals surface area contributed by atoms with Crippen LogP contribution in [0.3, 0.4) is 0 Å². The van der Waals surface area contributed by atoms with Crippen LogP contribution in [0.25, 0.3) is 10.9 Å². The van der Waals surface area contributed by atoms with Crippen molar-refractivity contribution in [2.24, 2.45) is 5.92 Å². The number of carbonyl (C=O) groups is 1. The standard InChI is InChI=1S/C17H20F3N3O/c18-17(19,20)11-22-16(24)13-4-2-8-23(10-13)9-12-3-1-5-15-14(12)6-7-21-15/h1,3,5-7,13,21H,2,4,8-11H2,(H,22,24)/t13-/m0/s1. The minimum Gasteiger partial charge on any atom is -0.361 e. The van der Waals surface area contributed by atoms with Crippen LogP contribution in [-0.2, 0) is 11.3 Å². The van der Waals surface area contributed by atoms with Crippen LogP contribution in [0.1, 0.15) is 18.4 Å². The Labute approximate surface area is 138 Å². The topological polar surface area (TPSA) is 48.1 Å². The maximum absolute atomic E-state index is 12.2. The summed E-state index contributed by atoms with van der Waals surface area (Å²) in [4.78, 5) is 17.3. The van der Waals surface area contributed by atoms with Crippen molar-refractivity contribution in [3.05, 3.63) is 36.0 Å². The van der Waals surface area contributed by atoms with Gasteiger partial charge < -0.3 is 10.3 Å². The van der Waals surface area contributed by atoms with Gasteiger partial charge in [0.05, 0.1) is 5.92 Å². The molecule has 1 aliphatic rings. The average molecular weight is 339 g/mol. The molecule has 4 nitrogen and oxygen atoms in total. The van der Waals surface area contributed by atoms with Crippen LogP contribution in [0, 0.1) is 5.92 Å². The van der Waals surface area contributed by atoms with Crippen molar-refractivity contribution < 1.29 is 18.0 Å². The molecule has 2 aromatic rings. The molecular weight excluding hydrogens is 319 g/mol. The van der Waals surface area contributed by atoms with Gasteiger partial charge in [-0.3, -0.25) is 9.69 Å². The van der Waals surface area contributed by atoms with E-state index < -0.39 is 18.6 Å². The molecule has 1 saturated heterocycles. The molecule has 1 aliphatic heterocycles. The van der Waals surface area contributed by atoms with E-state index in [-0.39, 0.29) is 5.92 Å². The quantitative estimate of drug-likeness (QED) is 0.899. The van der Waals surface area contributed by atoms with Gasteiger partial charge in [-0.15, -0.1) is 0 Å². The van der Waals surface area contributed by atoms with E-state index in [2.05, 4.69) is 9.88 Å². The molecule has 2 N–H and O–H groups in total. The third-order valence-corrected chi connectivity index (χ3v) is 4.42. The largest absolute Gasteiger partial charge is 0.405 e. The summed E-state index contributed by atoms with van der Waals surface area (Å²) in [7, 11) is 0. The van der Waals surface area contributed by atoms with Gasteiger partial charge in [-0.2, -0.15) is 13.2 Å². The monoisotopic (exact) mass is 339 g/mol. The fraction of sp³-hybridized carbons (Fsp3) is 0.471. The van der Waals surface area contributed by atoms with Crippen LogP contribution < -0.4 is 5.32 Å². The second-order valence-electron chi connectivity index (χ2n) is 6.26. The molecular formula is C17H20F3N3O. The molecule has 2 heterocycles. The molecule has 1 fully saturated rings. The molecule has 0 aliphatic carbocycles. The van der Waals surface area contributed by atoms with E-state index in [1.165, 1.54) is 0 Å². The molecule has 0 radical (unpaired) electrons. The van der Waals surface area contributed by atoms with E-state index in [0.717, 1.165) is 29.4 Å². The summed E-state index contributed by atoms with van der Waals surface area (Å²) < 4.78 is 36.7. The third-order valence-electron chi connectivity index (χ3n) is 4.42. The number of H-pyrrole nitrogens is 1. The number of nitrogens with zero attached hydrogens (tertiary/aromatic N) is 1. The number of piperidine rings is 1. The van der Waals surface area contributed by atoms with Crippen LogP contribution in [0.4, 0.5) is 13.2 Å². The zero-order chi connectivity index (χ0) is 17.2. The Balaban J connectivity index is 1.61. The summed E-state index contributed by atoms with van der Waals surface area (Å²) in [5, 5.41) is 3.15. The van der Waals surface area contributed by atoms with Crippen molar-refractivity contribution >= 4 is 16.8 Å². The maximum atomic E-state index is 12.2. The van der Waals surface area contributed by atoms with Crippen molar-refractivity contribution in [1.82, 2.24) is 15.2 Å². The van der Waals surface area contributed by atoms with Crippen molar-refractivity contribution in [2.75, 3.05) is 19.6 Å². The summed E-state index contributed by atoms with van der Waals surface area (Å²) in [5.74, 6) is -0.886. The van der Waals surface area contributed by atoms with Crippen molar-refractivity contribution in [2.45, 2.75) is 25.6 Å². The van der Waals surface area contributed by atoms with Crippen molar-refractivity contribution in [1.29, 1.82) is 0 Å². The highest BCUT2D eigenvalue weighted by atomic mass is 19.4. The van der Waals surface area contributed by atoms with Crippen LogP contribution in [0.5, 0.6) is 0 Å². The number of likely N-dealkylation sites (tertiary alicyclic amines) is 1. The second-order valence-corrected chi connectivity index (χ2v) is 6.26. The van der Waals surface area contributed by atoms with Crippen LogP contribution in [0.15, 0.2) is 30.5 Å². The first kappa shape index (κ1) is 16.8. The first-order valence-corrected chi connectivity index (χ1v) is 8.04. The molecule has 1 amide bonds. The highest BCUT2D eigenvalue weighted by Gasteiger charge is 2.31. The molecule has 0 spiro atoms. The zero-order valence-electron chi connectivity index (χ0n) is 13.2. The van der Waals surface area contributed by atoms with E-state index in [1.54, 1.807) is 0 Å². The summed E-state index contributed by atoms with van der Waals surface area (Å²) in [6.45, 7) is 0.775. The second kappa shape index (κ2) is 6.84. The smallest absolute Gasteiger partial charge is 0.361 e. The lowest BCUT2D eigenvalue weighted by molar-refractivity contribution is -0.141. The van der Waals surface area contributed by atoms with Crippen LogP contribution >= 0.6 is 0 Å². The van der Waals surface area contributed by atoms with Gasteiger partial charge in [-0.1, -0.05) is 12.1 Å². The SMILES string of the molecule is O=C(NCC(F)(F)F)[C@H]1CCCN(Cc2cccc3[nH]ccc23)C1. The summed E-state index contributed by atoms with van der Waals surface area (Å²) in [6.07, 6.45) is -1.03. The average Bonchev–Trinajstić information content (AvgIpc) is 3.02. The van der Waals surface area contributed by atoms with Gasteiger partial charge >= 0.3 is 6.18 Å². The molecule has 0 unspecified atom stereocenters. The molecule has 7 heteroatoms. The third kappa shape index (κ3) is 4.08. The number of aromatic amines is 1. The predicted octanol–water partition coefficient (Wildman–Crippen LogP) is 3.06. The van der Waals surface area contributed by atoms with Crippen LogP contribution in [0.2, 0.25) is 0 Å². The van der Waals surface area contributed by atoms with Gasteiger partial charge in [0.25, 0.3) is 0 Å². The molecule has 130 valence electrons. The van der Waals surface area contributed by atoms with Gasteiger partial charge in [0.2, 0.25) is 5.91 Å². The maximum Gasteiger partial charge on any atom is 0.405 e. The molecule has 24 heavy (non-hydrogen) atoms. The lowest BCUT2D eigenvalue weighted by Gasteiger charge is -2.32. The number of fused-ring (bicyclic) bond motifs is 1. The normalized spacial score (nSPS) is 19.5. The van der Waals surface area contributed by atoms with E-state index in [0.29, 0.717) is 19.5 Å². The number of amides is 1. The van der Waals surface area contributed by atoms with E-state index in [9.17, 15) is 18.0 Å². The first-order valence-electron chi connectivity index (χ1n) is 8.04. The summed E-state index contributed by atoms with van der Waals surface area (Å²) in [6, 6.07) is 8.04. The van der Waals surface area contributed by atoms with Crippen molar-refractivity contribution in [3.63, 3.8) is 0 Å². The fourth-order valence-corrected chi connectivity index (χ4v) is 3.27. The Morgan fingerprint density at radius 3 is 2.96 bits per heavy atom. The number of rotatable bonds is 4. The minimum absolute atomic E-state index is 0.383. The highest BCUT2D eigenvalue weighted by molar-refractivity contribution is 5.83. The Morgan fingerprint density at radius 1 is 1.33 bits per heavy atom. The molecule has 1 atom stereocenters. The van der Waals surface area contributed by atoms with Crippen molar-refractivity contribution in [3.8, 4) is 0 Å². The highest BCUT2D eigenvalue weighted by Crippen LogP contribution is 2.23. The van der Waals surface area contributed by atoms with E-state index in [4.69, 9.17) is 0 Å². The number of hydrogen-bond donors (Lipinski definition) is 2. The Kier molecular flexibility index (Phi) is 4.80. The van der Waals surface area contributed by atoms with Crippen LogP contribution in [-0.4, -0.2) is 41.6 Å². The lowest BCUT2D eigenvalue weighted by Crippen LogP contribution is -2.44. The molecule has 0 bridgehead atoms. The van der Waals surface area contributed by atoms with Gasteiger partial charge in [-0.25, -0.2) is 0 Å². The summed E-state index contributed by atoms with van der Waals surface area (Å²) >= 11 is 0. The fourth-order valence-electron chi connectivity index (χ4n) is 3.27. The minimum atomic E-state index is -4.37. The zero-order valence-corrected chi connectivity index (χ0v) is 13.2. The molecule has 1 aromatic carbocycles. The molecule has 1 aromatic heterocycles. The van der Waals surface area contributed by atoms with E-state index in [1.807, 2.05) is 35.8 Å². The number of benzene rings is 1. The molecule has 3 rings (SSSR count). The lowest BCUT2D eigenvalue weighted by atomic mass is 9.96. The Bertz CT molecular complexity index is 710. The Hall–Kier alpha value is -2.02. The number of hydrogen-bond acceptors (Lipinski definition) is 2. The van der Waals surface area contributed by atoms with Gasteiger partial charge in [0.1, 0.15) is 6.54 Å². The molecule has 0 saturated carbocycles. The number of carbonyl (C=O) groups excluding carboxylic acids is 1. The number of halogens is 3. The van der Waals surface area contributed by atoms with E-state index >= 15 is 0 Å². The van der Waals surface area contributed by atoms with Gasteiger partial charge in [-0.05, 0) is 37.1 Å². The Morgan fingerprint density at radius 2 is 2.17 bits per heavy atom. The number of aromatic nitrogens is 1. The number of nitrogens with one attached hydrogen (secondary N) is 2. The van der Waals surface area contributed by atoms with Gasteiger partial charge in [0, 0.05) is 30.2 Å². The number of alkyl halides is 3. The van der Waals surface area contributed by atoms with Gasteiger partial charge in [0.15, 0.2) is 0 Å². The first-order chi connectivity index (χ1) is 11.4.